The lowest BCUT2D eigenvalue weighted by Gasteiger charge is -2.12. The number of aromatic nitrogens is 1. The van der Waals surface area contributed by atoms with Crippen molar-refractivity contribution in [3.05, 3.63) is 65.5 Å². The quantitative estimate of drug-likeness (QED) is 0.483. The zero-order valence-corrected chi connectivity index (χ0v) is 12.5. The van der Waals surface area contributed by atoms with E-state index in [2.05, 4.69) is 4.98 Å². The predicted octanol–water partition coefficient (Wildman–Crippen LogP) is 5.09. The molecule has 3 rings (SSSR count). The number of carbonyl (C=O) groups excluding carboxylic acids is 1. The molecule has 0 atom stereocenters. The number of benzene rings is 2. The van der Waals surface area contributed by atoms with Crippen molar-refractivity contribution >= 4 is 16.7 Å². The normalized spacial score (nSPS) is 11.7. The molecule has 0 saturated carbocycles. The number of alkyl halides is 3. The van der Waals surface area contributed by atoms with Crippen molar-refractivity contribution in [2.75, 3.05) is 0 Å². The standard InChI is InChI=1S/C18H11F4NO/c1-10-2-4-11(5-3-10)16-14(17(24)18(20,21)22)9-12-8-13(19)6-7-15(12)23-16/h2-9H,1H3. The van der Waals surface area contributed by atoms with Gasteiger partial charge in [-0.1, -0.05) is 29.8 Å². The number of rotatable bonds is 2. The monoisotopic (exact) mass is 333 g/mol. The fourth-order valence-electron chi connectivity index (χ4n) is 2.40. The van der Waals surface area contributed by atoms with E-state index in [0.717, 1.165) is 17.7 Å². The average Bonchev–Trinajstić information content (AvgIpc) is 2.53. The van der Waals surface area contributed by atoms with Crippen molar-refractivity contribution < 1.29 is 22.4 Å². The van der Waals surface area contributed by atoms with Gasteiger partial charge in [-0.3, -0.25) is 4.79 Å². The fourth-order valence-corrected chi connectivity index (χ4v) is 2.40. The van der Waals surface area contributed by atoms with Gasteiger partial charge in [0.15, 0.2) is 0 Å². The van der Waals surface area contributed by atoms with Crippen LogP contribution in [0.3, 0.4) is 0 Å². The van der Waals surface area contributed by atoms with Crippen molar-refractivity contribution in [2.45, 2.75) is 13.1 Å². The minimum Gasteiger partial charge on any atom is -0.284 e. The lowest BCUT2D eigenvalue weighted by atomic mass is 9.99. The van der Waals surface area contributed by atoms with E-state index in [1.165, 1.54) is 12.1 Å². The number of ketones is 1. The van der Waals surface area contributed by atoms with E-state index in [-0.39, 0.29) is 11.1 Å². The van der Waals surface area contributed by atoms with E-state index in [4.69, 9.17) is 0 Å². The summed E-state index contributed by atoms with van der Waals surface area (Å²) in [7, 11) is 0. The Morgan fingerprint density at radius 1 is 1.00 bits per heavy atom. The fraction of sp³-hybridized carbons (Fsp3) is 0.111. The van der Waals surface area contributed by atoms with Crippen LogP contribution in [0.2, 0.25) is 0 Å². The SMILES string of the molecule is Cc1ccc(-c2nc3ccc(F)cc3cc2C(=O)C(F)(F)F)cc1. The Balaban J connectivity index is 2.30. The summed E-state index contributed by atoms with van der Waals surface area (Å²) in [5.74, 6) is -2.62. The van der Waals surface area contributed by atoms with E-state index in [1.54, 1.807) is 24.3 Å². The van der Waals surface area contributed by atoms with Gasteiger partial charge in [0.05, 0.1) is 16.8 Å². The van der Waals surface area contributed by atoms with Crippen LogP contribution in [0.4, 0.5) is 17.6 Å². The molecule has 1 heterocycles. The molecule has 0 bridgehead atoms. The average molecular weight is 333 g/mol. The molecule has 2 nitrogen and oxygen atoms in total. The lowest BCUT2D eigenvalue weighted by molar-refractivity contribution is -0.0884. The number of aryl methyl sites for hydroxylation is 1. The van der Waals surface area contributed by atoms with Gasteiger partial charge in [-0.25, -0.2) is 9.37 Å². The maximum atomic E-state index is 13.3. The van der Waals surface area contributed by atoms with Gasteiger partial charge in [0.1, 0.15) is 5.82 Å². The topological polar surface area (TPSA) is 30.0 Å². The van der Waals surface area contributed by atoms with Crippen LogP contribution in [0.1, 0.15) is 15.9 Å². The maximum absolute atomic E-state index is 13.3. The van der Waals surface area contributed by atoms with Gasteiger partial charge in [0, 0.05) is 10.9 Å². The molecule has 122 valence electrons. The second kappa shape index (κ2) is 5.70. The van der Waals surface area contributed by atoms with Crippen molar-refractivity contribution in [1.82, 2.24) is 4.98 Å². The van der Waals surface area contributed by atoms with Gasteiger partial charge in [-0.05, 0) is 31.2 Å². The van der Waals surface area contributed by atoms with Gasteiger partial charge in [0.25, 0.3) is 5.78 Å². The number of carbonyl (C=O) groups is 1. The summed E-state index contributed by atoms with van der Waals surface area (Å²) in [6.07, 6.45) is -5.04. The van der Waals surface area contributed by atoms with Gasteiger partial charge in [-0.2, -0.15) is 13.2 Å². The zero-order valence-electron chi connectivity index (χ0n) is 12.5. The third kappa shape index (κ3) is 2.99. The molecule has 1 aromatic heterocycles. The lowest BCUT2D eigenvalue weighted by Crippen LogP contribution is -2.23. The van der Waals surface area contributed by atoms with E-state index in [0.29, 0.717) is 11.1 Å². The Kier molecular flexibility index (Phi) is 3.83. The maximum Gasteiger partial charge on any atom is 0.454 e. The van der Waals surface area contributed by atoms with Crippen LogP contribution in [0.5, 0.6) is 0 Å². The Morgan fingerprint density at radius 2 is 1.67 bits per heavy atom. The summed E-state index contributed by atoms with van der Waals surface area (Å²) < 4.78 is 52.1. The van der Waals surface area contributed by atoms with Crippen LogP contribution in [0, 0.1) is 12.7 Å². The van der Waals surface area contributed by atoms with Crippen LogP contribution in [0.25, 0.3) is 22.2 Å². The minimum absolute atomic E-state index is 0.0727. The minimum atomic E-state index is -5.04. The van der Waals surface area contributed by atoms with Gasteiger partial charge in [0.2, 0.25) is 0 Å². The van der Waals surface area contributed by atoms with Gasteiger partial charge < -0.3 is 0 Å². The smallest absolute Gasteiger partial charge is 0.284 e. The number of halogens is 4. The first-order valence-corrected chi connectivity index (χ1v) is 7.04. The predicted molar refractivity (Wildman–Crippen MR) is 82.3 cm³/mol. The highest BCUT2D eigenvalue weighted by molar-refractivity contribution is 6.07. The molecule has 0 unspecified atom stereocenters. The molecular formula is C18H11F4NO. The highest BCUT2D eigenvalue weighted by Gasteiger charge is 2.41. The third-order valence-electron chi connectivity index (χ3n) is 3.60. The van der Waals surface area contributed by atoms with Crippen molar-refractivity contribution in [3.8, 4) is 11.3 Å². The molecule has 0 amide bonds. The summed E-state index contributed by atoms with van der Waals surface area (Å²) in [6.45, 7) is 1.84. The molecule has 2 aromatic carbocycles. The van der Waals surface area contributed by atoms with Crippen molar-refractivity contribution in [3.63, 3.8) is 0 Å². The Labute approximate surface area is 134 Å². The summed E-state index contributed by atoms with van der Waals surface area (Å²) in [6, 6.07) is 11.2. The van der Waals surface area contributed by atoms with Crippen molar-refractivity contribution in [1.29, 1.82) is 0 Å². The van der Waals surface area contributed by atoms with Crippen LogP contribution in [-0.4, -0.2) is 16.9 Å². The summed E-state index contributed by atoms with van der Waals surface area (Å²) in [4.78, 5) is 16.0. The van der Waals surface area contributed by atoms with Crippen LogP contribution >= 0.6 is 0 Å². The molecule has 24 heavy (non-hydrogen) atoms. The van der Waals surface area contributed by atoms with Gasteiger partial charge >= 0.3 is 6.18 Å². The number of Topliss-reactive ketones (excluding diaryl/α,β-unsaturated/α-hetero) is 1. The molecule has 3 aromatic rings. The molecule has 0 aliphatic rings. The summed E-state index contributed by atoms with van der Waals surface area (Å²) in [5.41, 5.74) is 0.955. The second-order valence-corrected chi connectivity index (χ2v) is 5.41. The van der Waals surface area contributed by atoms with Crippen molar-refractivity contribution in [2.24, 2.45) is 0 Å². The second-order valence-electron chi connectivity index (χ2n) is 5.41. The van der Waals surface area contributed by atoms with Gasteiger partial charge in [-0.15, -0.1) is 0 Å². The summed E-state index contributed by atoms with van der Waals surface area (Å²) >= 11 is 0. The van der Waals surface area contributed by atoms with E-state index >= 15 is 0 Å². The molecule has 0 aliphatic heterocycles. The molecule has 0 aliphatic carbocycles. The molecule has 0 saturated heterocycles. The highest BCUT2D eigenvalue weighted by Crippen LogP contribution is 2.31. The van der Waals surface area contributed by atoms with E-state index in [1.807, 2.05) is 6.92 Å². The number of nitrogens with zero attached hydrogens (tertiary/aromatic N) is 1. The third-order valence-corrected chi connectivity index (χ3v) is 3.60. The van der Waals surface area contributed by atoms with Crippen LogP contribution < -0.4 is 0 Å². The summed E-state index contributed by atoms with van der Waals surface area (Å²) in [5, 5.41) is 0.137. The highest BCUT2D eigenvalue weighted by atomic mass is 19.4. The molecule has 6 heteroatoms. The Morgan fingerprint density at radius 3 is 2.29 bits per heavy atom. The Hall–Kier alpha value is -2.76. The number of fused-ring (bicyclic) bond motifs is 1. The van der Waals surface area contributed by atoms with Crippen LogP contribution in [-0.2, 0) is 0 Å². The molecule has 0 spiro atoms. The molecule has 0 radical (unpaired) electrons. The Bertz CT molecular complexity index is 930. The zero-order chi connectivity index (χ0) is 17.5. The van der Waals surface area contributed by atoms with E-state index in [9.17, 15) is 22.4 Å². The first-order valence-electron chi connectivity index (χ1n) is 7.04. The molecular weight excluding hydrogens is 322 g/mol. The molecule has 0 fully saturated rings. The number of hydrogen-bond donors (Lipinski definition) is 0. The molecule has 0 N–H and O–H groups in total. The van der Waals surface area contributed by atoms with Crippen LogP contribution in [0.15, 0.2) is 48.5 Å². The largest absolute Gasteiger partial charge is 0.454 e. The first-order chi connectivity index (χ1) is 11.3. The number of pyridine rings is 1. The number of hydrogen-bond acceptors (Lipinski definition) is 2. The first kappa shape index (κ1) is 16.1. The van der Waals surface area contributed by atoms with E-state index < -0.39 is 23.3 Å².